The molecule has 0 aliphatic carbocycles. The standard InChI is InChI=1S/C37H23BN4S/c1-3-12-24(13-4-1)40-29-17-8-7-16-26(29)38-27-22-28-34(42-30-18-9-10-21-35(30)43-37(42)39-28)23-33(27)41(25-14-5-2-6-15-25)32-20-11-19-31(40)36(32)38/h1-23H. The number of thiazole rings is 1. The first-order valence-corrected chi connectivity index (χ1v) is 15.4. The van der Waals surface area contributed by atoms with Crippen molar-refractivity contribution in [2.45, 2.75) is 0 Å². The quantitative estimate of drug-likeness (QED) is 0.200. The van der Waals surface area contributed by atoms with Gasteiger partial charge >= 0.3 is 0 Å². The summed E-state index contributed by atoms with van der Waals surface area (Å²) in [5.41, 5.74) is 14.5. The van der Waals surface area contributed by atoms with E-state index in [4.69, 9.17) is 4.98 Å². The second-order valence-corrected chi connectivity index (χ2v) is 12.3. The molecule has 0 bridgehead atoms. The minimum atomic E-state index is 0.0817. The van der Waals surface area contributed by atoms with Crippen LogP contribution >= 0.6 is 11.3 Å². The van der Waals surface area contributed by atoms with Crippen molar-refractivity contribution < 1.29 is 0 Å². The van der Waals surface area contributed by atoms with Gasteiger partial charge in [-0.3, -0.25) is 4.40 Å². The highest BCUT2D eigenvalue weighted by Crippen LogP contribution is 2.44. The van der Waals surface area contributed by atoms with Crippen LogP contribution in [0.25, 0.3) is 26.2 Å². The van der Waals surface area contributed by atoms with Crippen LogP contribution in [0.5, 0.6) is 0 Å². The van der Waals surface area contributed by atoms with E-state index in [0.717, 1.165) is 27.4 Å². The fraction of sp³-hybridized carbons (Fsp3) is 0. The summed E-state index contributed by atoms with van der Waals surface area (Å²) < 4.78 is 3.58. The first-order chi connectivity index (χ1) is 21.3. The van der Waals surface area contributed by atoms with E-state index in [-0.39, 0.29) is 6.71 Å². The van der Waals surface area contributed by atoms with E-state index in [1.54, 1.807) is 11.3 Å². The average molecular weight is 566 g/mol. The fourth-order valence-electron chi connectivity index (χ4n) is 7.27. The SMILES string of the molecule is c1ccc(N2c3ccccc3B3c4cc5nc6sc7ccccc7n6c5cc4N(c4ccccc4)c4cccc2c43)cc1. The molecule has 0 N–H and O–H groups in total. The lowest BCUT2D eigenvalue weighted by molar-refractivity contribution is 1.25. The van der Waals surface area contributed by atoms with Gasteiger partial charge in [-0.05, 0) is 83.1 Å². The summed E-state index contributed by atoms with van der Waals surface area (Å²) in [6, 6.07) is 50.5. The van der Waals surface area contributed by atoms with Crippen molar-refractivity contribution in [2.24, 2.45) is 0 Å². The zero-order valence-electron chi connectivity index (χ0n) is 23.1. The van der Waals surface area contributed by atoms with Crippen LogP contribution < -0.4 is 26.2 Å². The molecule has 2 aliphatic heterocycles. The van der Waals surface area contributed by atoms with Gasteiger partial charge in [0.25, 0.3) is 6.71 Å². The molecule has 0 fully saturated rings. The lowest BCUT2D eigenvalue weighted by Crippen LogP contribution is -2.61. The topological polar surface area (TPSA) is 23.8 Å². The maximum atomic E-state index is 5.19. The Morgan fingerprint density at radius 3 is 1.91 bits per heavy atom. The Balaban J connectivity index is 1.33. The van der Waals surface area contributed by atoms with Gasteiger partial charge in [-0.2, -0.15) is 0 Å². The third kappa shape index (κ3) is 3.13. The molecule has 0 radical (unpaired) electrons. The number of imidazole rings is 1. The lowest BCUT2D eigenvalue weighted by Gasteiger charge is -2.44. The van der Waals surface area contributed by atoms with E-state index in [1.165, 1.54) is 49.4 Å². The molecule has 43 heavy (non-hydrogen) atoms. The normalized spacial score (nSPS) is 13.4. The highest BCUT2D eigenvalue weighted by molar-refractivity contribution is 7.23. The number of rotatable bonds is 2. The number of anilines is 6. The molecule has 0 unspecified atom stereocenters. The molecule has 2 aliphatic rings. The Kier molecular flexibility index (Phi) is 4.65. The molecular weight excluding hydrogens is 543 g/mol. The molecule has 6 aromatic carbocycles. The van der Waals surface area contributed by atoms with Crippen LogP contribution in [-0.4, -0.2) is 16.1 Å². The number of para-hydroxylation sites is 4. The van der Waals surface area contributed by atoms with E-state index >= 15 is 0 Å². The van der Waals surface area contributed by atoms with Gasteiger partial charge in [0.1, 0.15) is 0 Å². The Labute approximate surface area is 252 Å². The molecule has 0 saturated heterocycles. The molecule has 0 saturated carbocycles. The molecule has 8 aromatic rings. The van der Waals surface area contributed by atoms with E-state index < -0.39 is 0 Å². The van der Waals surface area contributed by atoms with Crippen LogP contribution in [0.1, 0.15) is 0 Å². The van der Waals surface area contributed by atoms with Gasteiger partial charge in [0, 0.05) is 34.1 Å². The molecule has 200 valence electrons. The van der Waals surface area contributed by atoms with Crippen molar-refractivity contribution in [3.05, 3.63) is 140 Å². The van der Waals surface area contributed by atoms with Crippen LogP contribution in [-0.2, 0) is 0 Å². The second-order valence-electron chi connectivity index (χ2n) is 11.2. The van der Waals surface area contributed by atoms with Crippen LogP contribution in [0.3, 0.4) is 0 Å². The Hall–Kier alpha value is -5.33. The van der Waals surface area contributed by atoms with Crippen LogP contribution in [0.4, 0.5) is 34.1 Å². The summed E-state index contributed by atoms with van der Waals surface area (Å²) in [4.78, 5) is 11.1. The van der Waals surface area contributed by atoms with Crippen molar-refractivity contribution in [1.29, 1.82) is 0 Å². The molecule has 0 amide bonds. The van der Waals surface area contributed by atoms with Crippen molar-refractivity contribution >= 4 is 94.8 Å². The van der Waals surface area contributed by atoms with Crippen molar-refractivity contribution in [3.8, 4) is 0 Å². The van der Waals surface area contributed by atoms with E-state index in [9.17, 15) is 0 Å². The van der Waals surface area contributed by atoms with Gasteiger partial charge in [-0.1, -0.05) is 84.1 Å². The van der Waals surface area contributed by atoms with Crippen LogP contribution in [0.15, 0.2) is 140 Å². The highest BCUT2D eigenvalue weighted by atomic mass is 32.1. The molecule has 0 spiro atoms. The van der Waals surface area contributed by atoms with Crippen LogP contribution in [0.2, 0.25) is 0 Å². The fourth-order valence-corrected chi connectivity index (χ4v) is 8.31. The van der Waals surface area contributed by atoms with Crippen molar-refractivity contribution in [1.82, 2.24) is 9.38 Å². The van der Waals surface area contributed by atoms with Gasteiger partial charge in [0.2, 0.25) is 0 Å². The summed E-state index contributed by atoms with van der Waals surface area (Å²) >= 11 is 1.75. The third-order valence-electron chi connectivity index (χ3n) is 8.98. The van der Waals surface area contributed by atoms with Gasteiger partial charge < -0.3 is 9.80 Å². The Morgan fingerprint density at radius 1 is 0.512 bits per heavy atom. The number of hydrogen-bond donors (Lipinski definition) is 0. The Bertz CT molecular complexity index is 2380. The minimum absolute atomic E-state index is 0.0817. The molecule has 4 heterocycles. The number of nitrogens with zero attached hydrogens (tertiary/aromatic N) is 4. The molecule has 4 nitrogen and oxygen atoms in total. The van der Waals surface area contributed by atoms with Crippen LogP contribution in [0, 0.1) is 0 Å². The number of hydrogen-bond acceptors (Lipinski definition) is 4. The minimum Gasteiger partial charge on any atom is -0.311 e. The number of fused-ring (bicyclic) bond motifs is 9. The maximum Gasteiger partial charge on any atom is 0.252 e. The number of aromatic nitrogens is 2. The van der Waals surface area contributed by atoms with Gasteiger partial charge in [0.05, 0.1) is 21.3 Å². The first kappa shape index (κ1) is 23.3. The maximum absolute atomic E-state index is 5.19. The third-order valence-corrected chi connectivity index (χ3v) is 10.0. The monoisotopic (exact) mass is 566 g/mol. The van der Waals surface area contributed by atoms with E-state index in [1.807, 2.05) is 0 Å². The van der Waals surface area contributed by atoms with E-state index in [2.05, 4.69) is 154 Å². The summed E-state index contributed by atoms with van der Waals surface area (Å²) in [6.07, 6.45) is 0. The molecule has 10 rings (SSSR count). The second kappa shape index (κ2) is 8.60. The zero-order valence-corrected chi connectivity index (χ0v) is 23.9. The predicted octanol–water partition coefficient (Wildman–Crippen LogP) is 7.78. The number of benzene rings is 6. The smallest absolute Gasteiger partial charge is 0.252 e. The summed E-state index contributed by atoms with van der Waals surface area (Å²) in [5.74, 6) is 0. The summed E-state index contributed by atoms with van der Waals surface area (Å²) in [7, 11) is 0. The molecular formula is C37H23BN4S. The van der Waals surface area contributed by atoms with Crippen molar-refractivity contribution in [2.75, 3.05) is 9.80 Å². The zero-order chi connectivity index (χ0) is 28.1. The summed E-state index contributed by atoms with van der Waals surface area (Å²) in [5, 5.41) is 0. The average Bonchev–Trinajstić information content (AvgIpc) is 3.60. The van der Waals surface area contributed by atoms with Gasteiger partial charge in [-0.25, -0.2) is 4.98 Å². The van der Waals surface area contributed by atoms with Crippen molar-refractivity contribution in [3.63, 3.8) is 0 Å². The molecule has 6 heteroatoms. The van der Waals surface area contributed by atoms with Gasteiger partial charge in [0.15, 0.2) is 4.96 Å². The predicted molar refractivity (Wildman–Crippen MR) is 182 cm³/mol. The molecule has 2 aromatic heterocycles. The Morgan fingerprint density at radius 2 is 1.14 bits per heavy atom. The molecule has 0 atom stereocenters. The van der Waals surface area contributed by atoms with E-state index in [0.29, 0.717) is 0 Å². The van der Waals surface area contributed by atoms with Gasteiger partial charge in [-0.15, -0.1) is 0 Å². The lowest BCUT2D eigenvalue weighted by atomic mass is 9.33. The largest absolute Gasteiger partial charge is 0.311 e. The highest BCUT2D eigenvalue weighted by Gasteiger charge is 2.43. The summed E-state index contributed by atoms with van der Waals surface area (Å²) in [6.45, 7) is 0.0817. The first-order valence-electron chi connectivity index (χ1n) is 14.6.